The number of Topliss-reactive ketones (excluding diaryl/α,β-unsaturated/α-hetero) is 3. The van der Waals surface area contributed by atoms with Crippen LogP contribution in [0.15, 0.2) is 35.6 Å². The van der Waals surface area contributed by atoms with Gasteiger partial charge < -0.3 is 10.4 Å². The molecule has 0 aromatic heterocycles. The number of aliphatic hydroxyl groups is 1. The number of para-hydroxylation sites is 1. The number of fused-ring (bicyclic) bond motifs is 1. The van der Waals surface area contributed by atoms with Crippen molar-refractivity contribution in [2.45, 2.75) is 58.8 Å². The van der Waals surface area contributed by atoms with Crippen LogP contribution < -0.4 is 5.32 Å². The summed E-state index contributed by atoms with van der Waals surface area (Å²) in [6, 6.07) is 6.81. The summed E-state index contributed by atoms with van der Waals surface area (Å²) in [5, 5.41) is 13.8. The molecular weight excluding hydrogens is 382 g/mol. The van der Waals surface area contributed by atoms with Crippen LogP contribution in [-0.4, -0.2) is 28.4 Å². The maximum absolute atomic E-state index is 13.5. The predicted octanol–water partition coefficient (Wildman–Crippen LogP) is 3.65. The molecular formula is C24H27NO5. The molecule has 0 spiro atoms. The van der Waals surface area contributed by atoms with Crippen LogP contribution in [0.5, 0.6) is 0 Å². The van der Waals surface area contributed by atoms with E-state index < -0.39 is 28.1 Å². The number of carbonyl (C=O) groups is 4. The number of hydrogen-bond donors (Lipinski definition) is 2. The highest BCUT2D eigenvalue weighted by atomic mass is 16.3. The molecule has 158 valence electrons. The molecule has 0 saturated heterocycles. The van der Waals surface area contributed by atoms with Crippen molar-refractivity contribution in [3.8, 4) is 0 Å². The van der Waals surface area contributed by atoms with Crippen molar-refractivity contribution in [2.75, 3.05) is 5.32 Å². The van der Waals surface area contributed by atoms with Gasteiger partial charge in [0.1, 0.15) is 22.7 Å². The first kappa shape index (κ1) is 20.5. The maximum Gasteiger partial charge on any atom is 0.241 e. The lowest BCUT2D eigenvalue weighted by atomic mass is 9.55. The van der Waals surface area contributed by atoms with E-state index in [-0.39, 0.29) is 54.4 Å². The minimum absolute atomic E-state index is 0.0873. The molecule has 1 aromatic carbocycles. The number of benzene rings is 1. The highest BCUT2D eigenvalue weighted by molar-refractivity contribution is 6.23. The highest BCUT2D eigenvalue weighted by Gasteiger charge is 2.64. The first-order valence-electron chi connectivity index (χ1n) is 10.3. The Morgan fingerprint density at radius 2 is 1.43 bits per heavy atom. The van der Waals surface area contributed by atoms with Crippen molar-refractivity contribution in [1.29, 1.82) is 0 Å². The van der Waals surface area contributed by atoms with Crippen LogP contribution in [0.4, 0.5) is 5.69 Å². The van der Waals surface area contributed by atoms with Crippen molar-refractivity contribution >= 4 is 28.9 Å². The molecule has 4 rings (SSSR count). The number of rotatable bonds is 2. The molecule has 2 N–H and O–H groups in total. The summed E-state index contributed by atoms with van der Waals surface area (Å²) in [5.74, 6) is -3.22. The number of nitrogens with one attached hydrogen (secondary N) is 1. The van der Waals surface area contributed by atoms with Crippen molar-refractivity contribution < 1.29 is 24.3 Å². The molecule has 1 atom stereocenters. The Morgan fingerprint density at radius 1 is 0.867 bits per heavy atom. The summed E-state index contributed by atoms with van der Waals surface area (Å²) in [4.78, 5) is 53.5. The Morgan fingerprint density at radius 3 is 2.03 bits per heavy atom. The zero-order valence-corrected chi connectivity index (χ0v) is 17.8. The van der Waals surface area contributed by atoms with Crippen LogP contribution in [0, 0.1) is 16.7 Å². The third kappa shape index (κ3) is 2.84. The Hall–Kier alpha value is -2.76. The van der Waals surface area contributed by atoms with E-state index in [0.29, 0.717) is 11.3 Å². The molecule has 1 heterocycles. The van der Waals surface area contributed by atoms with Crippen LogP contribution in [0.1, 0.15) is 58.9 Å². The van der Waals surface area contributed by atoms with Gasteiger partial charge in [-0.15, -0.1) is 0 Å². The van der Waals surface area contributed by atoms with E-state index in [1.165, 1.54) is 0 Å². The first-order valence-corrected chi connectivity index (χ1v) is 10.3. The molecule has 1 aliphatic heterocycles. The van der Waals surface area contributed by atoms with E-state index in [1.54, 1.807) is 24.3 Å². The molecule has 0 unspecified atom stereocenters. The normalized spacial score (nSPS) is 28.5. The SMILES string of the molecule is CC1(C)CC(=O)C([C@@]2(C3=C(O)CC(C)(C)CC3=O)C(=O)Nc3ccccc32)C(=O)C1. The summed E-state index contributed by atoms with van der Waals surface area (Å²) in [5.41, 5.74) is -2.00. The van der Waals surface area contributed by atoms with Crippen LogP contribution in [0.3, 0.4) is 0 Å². The molecule has 1 fully saturated rings. The third-order valence-corrected chi connectivity index (χ3v) is 6.59. The minimum Gasteiger partial charge on any atom is -0.512 e. The van der Waals surface area contributed by atoms with Crippen molar-refractivity contribution in [1.82, 2.24) is 0 Å². The van der Waals surface area contributed by atoms with Crippen LogP contribution in [0.2, 0.25) is 0 Å². The van der Waals surface area contributed by atoms with Gasteiger partial charge in [0.05, 0.1) is 11.5 Å². The van der Waals surface area contributed by atoms with Gasteiger partial charge in [0.25, 0.3) is 0 Å². The Labute approximate surface area is 175 Å². The van der Waals surface area contributed by atoms with E-state index in [9.17, 15) is 24.3 Å². The van der Waals surface area contributed by atoms with Crippen LogP contribution in [-0.2, 0) is 24.6 Å². The second-order valence-electron chi connectivity index (χ2n) is 10.5. The highest BCUT2D eigenvalue weighted by Crippen LogP contribution is 2.55. The molecule has 1 aromatic rings. The molecule has 2 aliphatic carbocycles. The minimum atomic E-state index is -1.82. The smallest absolute Gasteiger partial charge is 0.241 e. The van der Waals surface area contributed by atoms with Gasteiger partial charge in [-0.25, -0.2) is 0 Å². The molecule has 0 bridgehead atoms. The van der Waals surface area contributed by atoms with Gasteiger partial charge in [-0.3, -0.25) is 19.2 Å². The summed E-state index contributed by atoms with van der Waals surface area (Å²) in [7, 11) is 0. The fourth-order valence-corrected chi connectivity index (χ4v) is 5.57. The number of hydrogen-bond acceptors (Lipinski definition) is 5. The number of allylic oxidation sites excluding steroid dienone is 1. The Bertz CT molecular complexity index is 1010. The summed E-state index contributed by atoms with van der Waals surface area (Å²) >= 11 is 0. The van der Waals surface area contributed by atoms with E-state index in [1.807, 2.05) is 27.7 Å². The van der Waals surface area contributed by atoms with Gasteiger partial charge in [0, 0.05) is 31.4 Å². The second kappa shape index (κ2) is 6.37. The summed E-state index contributed by atoms with van der Waals surface area (Å²) in [6.07, 6.45) is 0.596. The lowest BCUT2D eigenvalue weighted by molar-refractivity contribution is -0.146. The fourth-order valence-electron chi connectivity index (χ4n) is 5.57. The zero-order chi connectivity index (χ0) is 22.1. The van der Waals surface area contributed by atoms with E-state index in [2.05, 4.69) is 5.32 Å². The molecule has 6 nitrogen and oxygen atoms in total. The monoisotopic (exact) mass is 409 g/mol. The average molecular weight is 409 g/mol. The Kier molecular flexibility index (Phi) is 4.35. The quantitative estimate of drug-likeness (QED) is 0.726. The topological polar surface area (TPSA) is 101 Å². The van der Waals surface area contributed by atoms with Crippen LogP contribution in [0.25, 0.3) is 0 Å². The van der Waals surface area contributed by atoms with Crippen molar-refractivity contribution in [3.05, 3.63) is 41.2 Å². The van der Waals surface area contributed by atoms with Crippen molar-refractivity contribution in [2.24, 2.45) is 16.7 Å². The second-order valence-corrected chi connectivity index (χ2v) is 10.5. The Balaban J connectivity index is 2.02. The van der Waals surface area contributed by atoms with Gasteiger partial charge in [-0.05, 0) is 22.5 Å². The lowest BCUT2D eigenvalue weighted by Gasteiger charge is -2.43. The number of amides is 1. The largest absolute Gasteiger partial charge is 0.512 e. The number of anilines is 1. The standard InChI is InChI=1S/C24H27NO5/c1-22(2)9-15(26)19(16(27)10-22)24(13-7-5-6-8-14(13)25-21(24)30)20-17(28)11-23(3,4)12-18(20)29/h5-8,19,28H,9-12H2,1-4H3,(H,25,30)/t24-/m0/s1. The third-order valence-electron chi connectivity index (χ3n) is 6.59. The van der Waals surface area contributed by atoms with Gasteiger partial charge in [0.15, 0.2) is 5.78 Å². The van der Waals surface area contributed by atoms with Gasteiger partial charge in [-0.2, -0.15) is 0 Å². The lowest BCUT2D eigenvalue weighted by Crippen LogP contribution is -2.56. The van der Waals surface area contributed by atoms with Crippen molar-refractivity contribution in [3.63, 3.8) is 0 Å². The summed E-state index contributed by atoms with van der Waals surface area (Å²) in [6.45, 7) is 7.43. The average Bonchev–Trinajstić information content (AvgIpc) is 2.84. The number of carbonyl (C=O) groups excluding carboxylic acids is 4. The fraction of sp³-hybridized carbons (Fsp3) is 0.500. The molecule has 3 aliphatic rings. The van der Waals surface area contributed by atoms with Gasteiger partial charge >= 0.3 is 0 Å². The van der Waals surface area contributed by atoms with Gasteiger partial charge in [0.2, 0.25) is 5.91 Å². The molecule has 0 radical (unpaired) electrons. The molecule has 1 saturated carbocycles. The zero-order valence-electron chi connectivity index (χ0n) is 17.8. The molecule has 30 heavy (non-hydrogen) atoms. The van der Waals surface area contributed by atoms with E-state index in [4.69, 9.17) is 0 Å². The molecule has 6 heteroatoms. The summed E-state index contributed by atoms with van der Waals surface area (Å²) < 4.78 is 0. The number of ketones is 3. The van der Waals surface area contributed by atoms with Crippen LogP contribution >= 0.6 is 0 Å². The van der Waals surface area contributed by atoms with E-state index in [0.717, 1.165) is 0 Å². The predicted molar refractivity (Wildman–Crippen MR) is 111 cm³/mol. The van der Waals surface area contributed by atoms with Gasteiger partial charge in [-0.1, -0.05) is 45.9 Å². The van der Waals surface area contributed by atoms with E-state index >= 15 is 0 Å². The first-order chi connectivity index (χ1) is 13.9. The molecule has 1 amide bonds. The number of aliphatic hydroxyl groups excluding tert-OH is 1. The maximum atomic E-state index is 13.5.